The fourth-order valence-electron chi connectivity index (χ4n) is 0. The standard InChI is InChI=1S/Al.Ca.Li.Mg. The number of rotatable bonds is 0. The van der Waals surface area contributed by atoms with Crippen LogP contribution in [0.15, 0.2) is 0 Å². The molecule has 0 aromatic rings. The molecule has 0 aromatic carbocycles. The molecule has 4 heteroatoms. The van der Waals surface area contributed by atoms with Crippen LogP contribution in [-0.2, 0) is 0 Å². The van der Waals surface area contributed by atoms with Crippen molar-refractivity contribution < 1.29 is 0 Å². The molecule has 0 N–H and O–H groups in total. The summed E-state index contributed by atoms with van der Waals surface area (Å²) in [4.78, 5) is 0. The van der Waals surface area contributed by atoms with Gasteiger partial charge in [-0.1, -0.05) is 0 Å². The SMILES string of the molecule is [Al].[Ca].[Li].[Mg]. The first-order valence-electron chi connectivity index (χ1n) is 0. The van der Waals surface area contributed by atoms with Gasteiger partial charge in [-0.25, -0.2) is 0 Å². The Balaban J connectivity index is 0. The van der Waals surface area contributed by atoms with Crippen LogP contribution in [0.25, 0.3) is 0 Å². The van der Waals surface area contributed by atoms with Crippen LogP contribution in [0.3, 0.4) is 0 Å². The van der Waals surface area contributed by atoms with Crippen molar-refractivity contribution in [3.05, 3.63) is 0 Å². The molecule has 0 aliphatic heterocycles. The average molecular weight is 98.3 g/mol. The van der Waals surface area contributed by atoms with Crippen molar-refractivity contribution in [2.45, 2.75) is 0 Å². The van der Waals surface area contributed by atoms with E-state index in [1.165, 1.54) is 0 Å². The van der Waals surface area contributed by atoms with Gasteiger partial charge in [0.1, 0.15) is 0 Å². The average Bonchev–Trinajstić information content (AvgIpc) is 0. The Morgan fingerprint density at radius 1 is 1.00 bits per heavy atom. The van der Waals surface area contributed by atoms with E-state index >= 15 is 0 Å². The van der Waals surface area contributed by atoms with Gasteiger partial charge in [-0.2, -0.15) is 0 Å². The minimum absolute atomic E-state index is 0. The third-order valence-corrected chi connectivity index (χ3v) is 0. The predicted octanol–water partition coefficient (Wildman–Crippen LogP) is -1.52. The van der Waals surface area contributed by atoms with E-state index < -0.39 is 0 Å². The Morgan fingerprint density at radius 3 is 1.00 bits per heavy atom. The first-order valence-corrected chi connectivity index (χ1v) is 0. The smallest absolute Gasteiger partial charge is 0 e. The molecule has 0 rings (SSSR count). The Labute approximate surface area is 94.9 Å². The fourth-order valence-corrected chi connectivity index (χ4v) is 0. The molecule has 0 atom stereocenters. The van der Waals surface area contributed by atoms with E-state index in [4.69, 9.17) is 0 Å². The second-order valence-electron chi connectivity index (χ2n) is 0. The first-order chi connectivity index (χ1) is 0. The molecule has 0 fully saturated rings. The summed E-state index contributed by atoms with van der Waals surface area (Å²) in [5, 5.41) is 0. The van der Waals surface area contributed by atoms with E-state index in [0.29, 0.717) is 0 Å². The van der Waals surface area contributed by atoms with Crippen LogP contribution in [0.2, 0.25) is 0 Å². The largest absolute Gasteiger partial charge is 0 e. The van der Waals surface area contributed by atoms with Gasteiger partial charge in [-0.3, -0.25) is 0 Å². The summed E-state index contributed by atoms with van der Waals surface area (Å²) in [6.07, 6.45) is 0. The van der Waals surface area contributed by atoms with Crippen molar-refractivity contribution in [1.29, 1.82) is 0 Å². The molecule has 4 heavy (non-hydrogen) atoms. The third-order valence-electron chi connectivity index (χ3n) is 0. The van der Waals surface area contributed by atoms with Crippen molar-refractivity contribution in [2.75, 3.05) is 0 Å². The zero-order valence-electron chi connectivity index (χ0n) is 2.99. The van der Waals surface area contributed by atoms with Crippen molar-refractivity contribution in [3.63, 3.8) is 0 Å². The third kappa shape index (κ3) is 8.94. The summed E-state index contributed by atoms with van der Waals surface area (Å²) < 4.78 is 0. The van der Waals surface area contributed by atoms with Crippen LogP contribution >= 0.6 is 0 Å². The molecular weight excluding hydrogens is 98.3 g/mol. The molecule has 0 heterocycles. The van der Waals surface area contributed by atoms with E-state index in [1.54, 1.807) is 0 Å². The van der Waals surface area contributed by atoms with Gasteiger partial charge >= 0.3 is 0 Å². The Morgan fingerprint density at radius 2 is 1.00 bits per heavy atom. The van der Waals surface area contributed by atoms with Crippen LogP contribution in [0.4, 0.5) is 0 Å². The van der Waals surface area contributed by atoms with Crippen LogP contribution in [0, 0.1) is 0 Å². The second kappa shape index (κ2) is 16.4. The minimum atomic E-state index is 0. The van der Waals surface area contributed by atoms with Crippen LogP contribution < -0.4 is 0 Å². The van der Waals surface area contributed by atoms with Gasteiger partial charge in [0.15, 0.2) is 0 Å². The van der Waals surface area contributed by atoms with Gasteiger partial charge in [0, 0.05) is 97.0 Å². The van der Waals surface area contributed by atoms with Gasteiger partial charge < -0.3 is 0 Å². The first kappa shape index (κ1) is 27.2. The molecule has 0 bridgehead atoms. The van der Waals surface area contributed by atoms with Gasteiger partial charge in [0.25, 0.3) is 0 Å². The van der Waals surface area contributed by atoms with Crippen LogP contribution in [0.5, 0.6) is 0 Å². The van der Waals surface area contributed by atoms with Crippen molar-refractivity contribution >= 4 is 97.0 Å². The van der Waals surface area contributed by atoms with Gasteiger partial charge in [0.05, 0.1) is 0 Å². The second-order valence-corrected chi connectivity index (χ2v) is 0. The molecular formula is AlCaLiMg. The van der Waals surface area contributed by atoms with Crippen molar-refractivity contribution in [1.82, 2.24) is 0 Å². The molecule has 0 aliphatic carbocycles. The quantitative estimate of drug-likeness (QED) is 0.323. The number of hydrogen-bond donors (Lipinski definition) is 0. The Bertz CT molecular complexity index is 8.00. The maximum absolute atomic E-state index is 0. The maximum Gasteiger partial charge on any atom is 0 e. The molecule has 8 radical (unpaired) electrons. The summed E-state index contributed by atoms with van der Waals surface area (Å²) in [7, 11) is 0. The molecule has 0 saturated heterocycles. The number of hydrogen-bond acceptors (Lipinski definition) is 0. The topological polar surface area (TPSA) is 0 Å². The molecule has 0 spiro atoms. The zero-order chi connectivity index (χ0) is 0. The van der Waals surface area contributed by atoms with E-state index in [9.17, 15) is 0 Å². The van der Waals surface area contributed by atoms with E-state index in [2.05, 4.69) is 0 Å². The molecule has 8 valence electrons. The summed E-state index contributed by atoms with van der Waals surface area (Å²) in [5.74, 6) is 0. The minimum Gasteiger partial charge on any atom is 0 e. The van der Waals surface area contributed by atoms with Crippen molar-refractivity contribution in [2.24, 2.45) is 0 Å². The van der Waals surface area contributed by atoms with E-state index in [-0.39, 0.29) is 97.0 Å². The van der Waals surface area contributed by atoms with E-state index in [1.807, 2.05) is 0 Å². The monoisotopic (exact) mass is 97.9 g/mol. The zero-order valence-corrected chi connectivity index (χ0v) is 7.77. The normalized spacial score (nSPS) is 0. The maximum atomic E-state index is 0. The Kier molecular flexibility index (Phi) is 112. The summed E-state index contributed by atoms with van der Waals surface area (Å²) in [6, 6.07) is 0. The molecule has 0 unspecified atom stereocenters. The molecule has 0 aliphatic rings. The molecule has 0 amide bonds. The molecule has 0 aromatic heterocycles. The summed E-state index contributed by atoms with van der Waals surface area (Å²) in [6.45, 7) is 0. The Hall–Kier alpha value is 3.16. The summed E-state index contributed by atoms with van der Waals surface area (Å²) >= 11 is 0. The fraction of sp³-hybridized carbons (Fsp3) is 0. The van der Waals surface area contributed by atoms with Gasteiger partial charge in [-0.15, -0.1) is 0 Å². The van der Waals surface area contributed by atoms with Crippen LogP contribution in [0.1, 0.15) is 0 Å². The van der Waals surface area contributed by atoms with Gasteiger partial charge in [0.2, 0.25) is 0 Å². The molecule has 0 saturated carbocycles. The van der Waals surface area contributed by atoms with E-state index in [0.717, 1.165) is 0 Å². The molecule has 0 nitrogen and oxygen atoms in total. The van der Waals surface area contributed by atoms with Crippen LogP contribution in [-0.4, -0.2) is 97.0 Å². The predicted molar refractivity (Wildman–Crippen MR) is 23.0 cm³/mol. The van der Waals surface area contributed by atoms with Crippen molar-refractivity contribution in [3.8, 4) is 0 Å². The summed E-state index contributed by atoms with van der Waals surface area (Å²) in [5.41, 5.74) is 0. The van der Waals surface area contributed by atoms with Gasteiger partial charge in [-0.05, 0) is 0 Å².